The summed E-state index contributed by atoms with van der Waals surface area (Å²) in [5.74, 6) is 1.29. The number of aliphatic hydroxyl groups excluding tert-OH is 2. The number of esters is 1. The molecule has 10 nitrogen and oxygen atoms in total. The van der Waals surface area contributed by atoms with Gasteiger partial charge in [0.15, 0.2) is 5.78 Å². The van der Waals surface area contributed by atoms with E-state index in [4.69, 9.17) is 9.47 Å². The van der Waals surface area contributed by atoms with E-state index < -0.39 is 12.2 Å². The van der Waals surface area contributed by atoms with Crippen molar-refractivity contribution in [2.75, 3.05) is 25.6 Å². The number of fused-ring (bicyclic) bond motifs is 6. The van der Waals surface area contributed by atoms with Crippen LogP contribution in [0.4, 0.5) is 5.69 Å². The molecular weight excluding hydrogens is 719 g/mol. The number of pyridine rings is 1. The second kappa shape index (κ2) is 16.8. The van der Waals surface area contributed by atoms with Crippen LogP contribution in [0.15, 0.2) is 48.5 Å². The first-order valence-corrected chi connectivity index (χ1v) is 21.3. The fourth-order valence-electron chi connectivity index (χ4n) is 12.3. The molecule has 1 amide bonds. The number of aryl methyl sites for hydroxylation is 1. The molecule has 1 aromatic heterocycles. The lowest BCUT2D eigenvalue weighted by molar-refractivity contribution is -0.209. The van der Waals surface area contributed by atoms with Gasteiger partial charge in [0.25, 0.3) is 5.91 Å². The Balaban J connectivity index is 0.893. The number of amides is 1. The van der Waals surface area contributed by atoms with E-state index >= 15 is 0 Å². The number of benzene rings is 2. The van der Waals surface area contributed by atoms with Gasteiger partial charge in [-0.2, -0.15) is 0 Å². The van der Waals surface area contributed by atoms with Crippen molar-refractivity contribution in [3.63, 3.8) is 0 Å². The summed E-state index contributed by atoms with van der Waals surface area (Å²) in [6.45, 7) is 11.6. The summed E-state index contributed by atoms with van der Waals surface area (Å²) < 4.78 is 11.3. The highest BCUT2D eigenvalue weighted by Crippen LogP contribution is 2.68. The molecule has 0 aliphatic heterocycles. The number of nitrogens with one attached hydrogen (secondary N) is 2. The zero-order valence-electron chi connectivity index (χ0n) is 34.7. The normalized spacial score (nSPS) is 32.4. The van der Waals surface area contributed by atoms with Gasteiger partial charge in [0.05, 0.1) is 54.5 Å². The first-order valence-electron chi connectivity index (χ1n) is 21.3. The predicted molar refractivity (Wildman–Crippen MR) is 221 cm³/mol. The molecule has 4 saturated carbocycles. The van der Waals surface area contributed by atoms with Crippen LogP contribution in [0.5, 0.6) is 0 Å². The highest BCUT2D eigenvalue weighted by Gasteiger charge is 2.65. The molecule has 3 aromatic rings. The number of carbonyl (C=O) groups excluding carboxylic acids is 3. The third kappa shape index (κ3) is 7.86. The van der Waals surface area contributed by atoms with E-state index in [2.05, 4.69) is 36.4 Å². The fraction of sp³-hybridized carbons (Fsp3) is 0.617. The van der Waals surface area contributed by atoms with E-state index in [1.165, 1.54) is 7.11 Å². The molecule has 0 spiro atoms. The molecule has 1 heterocycles. The molecular formula is C47H63N3O7. The van der Waals surface area contributed by atoms with Crippen molar-refractivity contribution in [3.05, 3.63) is 70.9 Å². The van der Waals surface area contributed by atoms with Crippen LogP contribution in [0.2, 0.25) is 0 Å². The summed E-state index contributed by atoms with van der Waals surface area (Å²) in [6.07, 6.45) is 6.77. The number of aliphatic hydroxyl groups is 2. The van der Waals surface area contributed by atoms with Gasteiger partial charge in [-0.15, -0.1) is 0 Å². The topological polar surface area (TPSA) is 147 Å². The smallest absolute Gasteiger partial charge is 0.305 e. The SMILES string of the molecule is COC(=O)CC[C@@H](C)[C@H]1CCC2C3C(C[C@H](O)[C@@]21C)[C@@]1(C)CC[C@H](OCCNC(=O)c2ccc(CNc4c(C(C)=O)c(C)nc5ccccc45)cc2)CC1C[C@H]3O. The van der Waals surface area contributed by atoms with Gasteiger partial charge in [-0.25, -0.2) is 0 Å². The number of Topliss-reactive ketones (excluding diaryl/α,β-unsaturated/α-hetero) is 1. The number of hydrogen-bond donors (Lipinski definition) is 4. The van der Waals surface area contributed by atoms with Crippen LogP contribution >= 0.6 is 0 Å². The molecule has 0 radical (unpaired) electrons. The Labute approximate surface area is 337 Å². The number of ketones is 1. The zero-order chi connectivity index (χ0) is 40.6. The van der Waals surface area contributed by atoms with Crippen molar-refractivity contribution in [3.8, 4) is 0 Å². The molecule has 57 heavy (non-hydrogen) atoms. The van der Waals surface area contributed by atoms with Crippen LogP contribution in [0, 0.1) is 53.3 Å². The van der Waals surface area contributed by atoms with E-state index in [1.54, 1.807) is 6.92 Å². The Kier molecular flexibility index (Phi) is 12.2. The molecule has 0 saturated heterocycles. The fourth-order valence-corrected chi connectivity index (χ4v) is 12.3. The predicted octanol–water partition coefficient (Wildman–Crippen LogP) is 7.66. The number of hydrogen-bond acceptors (Lipinski definition) is 9. The van der Waals surface area contributed by atoms with Crippen molar-refractivity contribution in [1.29, 1.82) is 0 Å². The van der Waals surface area contributed by atoms with E-state index in [-0.39, 0.29) is 52.3 Å². The third-order valence-electron chi connectivity index (χ3n) is 15.4. The van der Waals surface area contributed by atoms with Crippen LogP contribution in [0.3, 0.4) is 0 Å². The van der Waals surface area contributed by atoms with Gasteiger partial charge in [0.2, 0.25) is 0 Å². The summed E-state index contributed by atoms with van der Waals surface area (Å²) in [5.41, 5.74) is 4.23. The van der Waals surface area contributed by atoms with Gasteiger partial charge in [0, 0.05) is 30.5 Å². The average Bonchev–Trinajstić information content (AvgIpc) is 3.56. The summed E-state index contributed by atoms with van der Waals surface area (Å²) in [5, 5.41) is 31.1. The second-order valence-corrected chi connectivity index (χ2v) is 18.3. The lowest BCUT2D eigenvalue weighted by Crippen LogP contribution is -2.62. The van der Waals surface area contributed by atoms with Gasteiger partial charge >= 0.3 is 5.97 Å². The highest BCUT2D eigenvalue weighted by molar-refractivity contribution is 6.08. The van der Waals surface area contributed by atoms with Crippen LogP contribution in [-0.2, 0) is 20.8 Å². The minimum Gasteiger partial charge on any atom is -0.469 e. The number of carbonyl (C=O) groups is 3. The number of anilines is 1. The van der Waals surface area contributed by atoms with E-state index in [0.717, 1.165) is 73.5 Å². The summed E-state index contributed by atoms with van der Waals surface area (Å²) in [6, 6.07) is 15.3. The number of nitrogens with zero attached hydrogens (tertiary/aromatic N) is 1. The van der Waals surface area contributed by atoms with Crippen molar-refractivity contribution in [1.82, 2.24) is 10.3 Å². The summed E-state index contributed by atoms with van der Waals surface area (Å²) in [4.78, 5) is 42.1. The second-order valence-electron chi connectivity index (χ2n) is 18.3. The van der Waals surface area contributed by atoms with Gasteiger partial charge in [0.1, 0.15) is 0 Å². The molecule has 0 bridgehead atoms. The molecule has 4 N–H and O–H groups in total. The quantitative estimate of drug-likeness (QED) is 0.0780. The summed E-state index contributed by atoms with van der Waals surface area (Å²) in [7, 11) is 1.44. The number of aromatic nitrogens is 1. The van der Waals surface area contributed by atoms with Crippen molar-refractivity contribution in [2.24, 2.45) is 46.3 Å². The Morgan fingerprint density at radius 2 is 1.74 bits per heavy atom. The van der Waals surface area contributed by atoms with Crippen LogP contribution in [-0.4, -0.2) is 71.4 Å². The van der Waals surface area contributed by atoms with Crippen LogP contribution in [0.25, 0.3) is 10.9 Å². The molecule has 308 valence electrons. The maximum absolute atomic E-state index is 13.1. The van der Waals surface area contributed by atoms with Gasteiger partial charge < -0.3 is 30.3 Å². The first-order chi connectivity index (χ1) is 27.3. The highest BCUT2D eigenvalue weighted by atomic mass is 16.5. The largest absolute Gasteiger partial charge is 0.469 e. The maximum atomic E-state index is 13.1. The lowest BCUT2D eigenvalue weighted by Gasteiger charge is -2.63. The van der Waals surface area contributed by atoms with Gasteiger partial charge in [-0.05, 0) is 135 Å². The molecule has 10 heteroatoms. The summed E-state index contributed by atoms with van der Waals surface area (Å²) >= 11 is 0. The van der Waals surface area contributed by atoms with Gasteiger partial charge in [-0.1, -0.05) is 51.1 Å². The minimum absolute atomic E-state index is 0.0377. The van der Waals surface area contributed by atoms with Crippen LogP contribution < -0.4 is 10.6 Å². The van der Waals surface area contributed by atoms with Crippen molar-refractivity contribution >= 4 is 34.3 Å². The lowest BCUT2D eigenvalue weighted by atomic mass is 9.43. The molecule has 4 fully saturated rings. The van der Waals surface area contributed by atoms with Crippen molar-refractivity contribution in [2.45, 2.75) is 117 Å². The third-order valence-corrected chi connectivity index (χ3v) is 15.4. The Morgan fingerprint density at radius 1 is 0.982 bits per heavy atom. The molecule has 4 aliphatic rings. The molecule has 11 atom stereocenters. The standard InChI is InChI=1S/C47H63N3O7/c1-27(11-18-41(54)56-6)35-16-17-36-43-37(25-40(53)47(35,36)5)46(4)20-19-33(23-32(46)24-39(43)52)57-22-21-48-45(55)31-14-12-30(13-15-31)26-49-44-34-9-7-8-10-38(34)50-28(2)42(44)29(3)51/h7-10,12-15,27,32-33,35-37,39-40,43,52-53H,11,16-26H2,1-6H3,(H,48,55)(H,49,50)/t27-,32?,33+,35-,36?,37?,39-,40+,43?,46+,47-/m1/s1. The Bertz CT molecular complexity index is 1950. The van der Waals surface area contributed by atoms with E-state index in [9.17, 15) is 24.6 Å². The number of rotatable bonds is 13. The molecule has 2 aromatic carbocycles. The minimum atomic E-state index is -0.428. The first kappa shape index (κ1) is 41.3. The Hall–Kier alpha value is -3.86. The zero-order valence-corrected chi connectivity index (χ0v) is 34.7. The van der Waals surface area contributed by atoms with Crippen molar-refractivity contribution < 1.29 is 34.1 Å². The van der Waals surface area contributed by atoms with E-state index in [0.29, 0.717) is 60.7 Å². The molecule has 4 unspecified atom stereocenters. The molecule has 7 rings (SSSR count). The number of para-hydroxylation sites is 1. The maximum Gasteiger partial charge on any atom is 0.305 e. The van der Waals surface area contributed by atoms with E-state index in [1.807, 2.05) is 55.5 Å². The molecule has 4 aliphatic carbocycles. The average molecular weight is 782 g/mol. The number of methoxy groups -OCH3 is 1. The Morgan fingerprint density at radius 3 is 2.47 bits per heavy atom. The van der Waals surface area contributed by atoms with Crippen LogP contribution in [0.1, 0.15) is 117 Å². The number of ether oxygens (including phenoxy) is 2. The van der Waals surface area contributed by atoms with Gasteiger partial charge in [-0.3, -0.25) is 19.4 Å². The monoisotopic (exact) mass is 781 g/mol.